The summed E-state index contributed by atoms with van der Waals surface area (Å²) in [7, 11) is -2.87. The molecule has 3 radical (unpaired) electrons. The van der Waals surface area contributed by atoms with Crippen molar-refractivity contribution in [1.82, 2.24) is 4.90 Å². The first kappa shape index (κ1) is 26.6. The molecule has 0 aliphatic carbocycles. The van der Waals surface area contributed by atoms with Crippen LogP contribution in [0.3, 0.4) is 0 Å². The minimum atomic E-state index is -2.87. The molecule has 1 unspecified atom stereocenters. The molecule has 0 aromatic rings. The molecule has 0 fully saturated rings. The van der Waals surface area contributed by atoms with E-state index in [1.165, 1.54) is 0 Å². The molecule has 0 bridgehead atoms. The maximum atomic E-state index is 10.3. The van der Waals surface area contributed by atoms with Crippen LogP contribution in [0.2, 0.25) is 0 Å². The van der Waals surface area contributed by atoms with Crippen LogP contribution in [0.15, 0.2) is 0 Å². The summed E-state index contributed by atoms with van der Waals surface area (Å²) in [6.07, 6.45) is -0.413. The van der Waals surface area contributed by atoms with E-state index in [4.69, 9.17) is 15.1 Å². The van der Waals surface area contributed by atoms with E-state index in [1.807, 2.05) is 0 Å². The molecule has 0 rings (SSSR count). The largest absolute Gasteiger partial charge is 0.480 e. The third kappa shape index (κ3) is 18.5. The van der Waals surface area contributed by atoms with Gasteiger partial charge in [-0.15, -0.1) is 0 Å². The molecule has 3 N–H and O–H groups in total. The van der Waals surface area contributed by atoms with Crippen LogP contribution in [0.5, 0.6) is 0 Å². The van der Waals surface area contributed by atoms with Crippen LogP contribution in [-0.2, 0) is 14.2 Å². The number of aliphatic carboxylic acids is 2. The van der Waals surface area contributed by atoms with E-state index in [2.05, 4.69) is 0 Å². The molecule has 16 heavy (non-hydrogen) atoms. The number of rotatable bonds is 6. The van der Waals surface area contributed by atoms with Crippen molar-refractivity contribution >= 4 is 109 Å². The predicted molar refractivity (Wildman–Crippen MR) is 60.2 cm³/mol. The van der Waals surface area contributed by atoms with Crippen LogP contribution >= 0.6 is 8.03 Å². The van der Waals surface area contributed by atoms with Gasteiger partial charge in [0.1, 0.15) is 0 Å². The van der Waals surface area contributed by atoms with Crippen LogP contribution in [0, 0.1) is 0 Å². The van der Waals surface area contributed by atoms with Crippen LogP contribution < -0.4 is 0 Å². The van der Waals surface area contributed by atoms with Crippen molar-refractivity contribution in [3.63, 3.8) is 0 Å². The molecule has 0 saturated heterocycles. The Morgan fingerprint density at radius 1 is 1.00 bits per heavy atom. The average molecular weight is 280 g/mol. The Morgan fingerprint density at radius 3 is 1.50 bits per heavy atom. The first-order valence-electron chi connectivity index (χ1n) is 3.29. The summed E-state index contributed by atoms with van der Waals surface area (Å²) in [5.74, 6) is -2.46. The number of nitrogens with zero attached hydrogens (tertiary/aromatic N) is 1. The first-order chi connectivity index (χ1) is 5.91. The minimum absolute atomic E-state index is 0. The van der Waals surface area contributed by atoms with Gasteiger partial charge in [-0.3, -0.25) is 19.1 Å². The molecular formula is C5H10NNa3O6P. The standard InChI is InChI=1S/C5H10NO6P.3Na/c7-4(8)1-6(2-5(9)10)3-13(11)12;;;/h13H,1-3H2,(H,7,8)(H,9,10)(H,11,12);;;. The molecule has 7 nitrogen and oxygen atoms in total. The molecule has 79 valence electrons. The second-order valence-corrected chi connectivity index (χ2v) is 3.43. The van der Waals surface area contributed by atoms with E-state index in [-0.39, 0.29) is 88.7 Å². The quantitative estimate of drug-likeness (QED) is 0.371. The van der Waals surface area contributed by atoms with E-state index in [9.17, 15) is 14.2 Å². The smallest absolute Gasteiger partial charge is 0.317 e. The predicted octanol–water partition coefficient (Wildman–Crippen LogP) is -2.26. The van der Waals surface area contributed by atoms with Crippen molar-refractivity contribution < 1.29 is 29.3 Å². The van der Waals surface area contributed by atoms with Crippen molar-refractivity contribution in [3.8, 4) is 0 Å². The third-order valence-corrected chi connectivity index (χ3v) is 1.79. The third-order valence-electron chi connectivity index (χ3n) is 1.08. The summed E-state index contributed by atoms with van der Waals surface area (Å²) in [4.78, 5) is 29.7. The zero-order valence-electron chi connectivity index (χ0n) is 9.63. The number of carboxylic acids is 2. The Morgan fingerprint density at radius 2 is 1.31 bits per heavy atom. The van der Waals surface area contributed by atoms with Crippen molar-refractivity contribution in [2.24, 2.45) is 0 Å². The Bertz CT molecular complexity index is 202. The molecule has 0 aromatic carbocycles. The van der Waals surface area contributed by atoms with Gasteiger partial charge in [-0.05, 0) is 0 Å². The molecule has 0 amide bonds. The van der Waals surface area contributed by atoms with Gasteiger partial charge >= 0.3 is 11.9 Å². The van der Waals surface area contributed by atoms with Crippen molar-refractivity contribution in [1.29, 1.82) is 0 Å². The molecule has 0 heterocycles. The minimum Gasteiger partial charge on any atom is -0.480 e. The van der Waals surface area contributed by atoms with E-state index < -0.39 is 39.3 Å². The Labute approximate surface area is 160 Å². The summed E-state index contributed by atoms with van der Waals surface area (Å²) in [6.45, 7) is -1.10. The van der Waals surface area contributed by atoms with Crippen molar-refractivity contribution in [2.75, 3.05) is 19.4 Å². The van der Waals surface area contributed by atoms with Gasteiger partial charge in [0.15, 0.2) is 0 Å². The van der Waals surface area contributed by atoms with Crippen molar-refractivity contribution in [3.05, 3.63) is 0 Å². The van der Waals surface area contributed by atoms with Gasteiger partial charge in [0.05, 0.1) is 19.4 Å². The fraction of sp³-hybridized carbons (Fsp3) is 0.600. The zero-order valence-corrected chi connectivity index (χ0v) is 16.6. The number of hydrogen-bond acceptors (Lipinski definition) is 4. The monoisotopic (exact) mass is 280 g/mol. The van der Waals surface area contributed by atoms with Gasteiger partial charge in [0.25, 0.3) is 0 Å². The fourth-order valence-electron chi connectivity index (χ4n) is 0.742. The second kappa shape index (κ2) is 15.1. The first-order valence-corrected chi connectivity index (χ1v) is 4.86. The Kier molecular flexibility index (Phi) is 25.2. The van der Waals surface area contributed by atoms with E-state index in [0.29, 0.717) is 0 Å². The average Bonchev–Trinajstić information content (AvgIpc) is 1.80. The second-order valence-electron chi connectivity index (χ2n) is 2.33. The van der Waals surface area contributed by atoms with E-state index in [1.54, 1.807) is 0 Å². The molecule has 0 saturated carbocycles. The SMILES string of the molecule is O=C(O)CN(CC(=O)O)C[PH](=O)O.[Na].[Na].[Na]. The van der Waals surface area contributed by atoms with Gasteiger partial charge in [0.2, 0.25) is 8.03 Å². The summed E-state index contributed by atoms with van der Waals surface area (Å²) < 4.78 is 10.3. The molecule has 0 spiro atoms. The molecule has 0 aliphatic rings. The number of carboxylic acid groups (broad SMARTS) is 2. The molecule has 1 atom stereocenters. The topological polar surface area (TPSA) is 115 Å². The fourth-order valence-corrected chi connectivity index (χ4v) is 1.35. The molecule has 0 aromatic heterocycles. The van der Waals surface area contributed by atoms with Crippen LogP contribution in [0.25, 0.3) is 0 Å². The van der Waals surface area contributed by atoms with Crippen LogP contribution in [0.1, 0.15) is 0 Å². The van der Waals surface area contributed by atoms with Gasteiger partial charge in [-0.25, -0.2) is 0 Å². The Balaban J connectivity index is -0.000000240. The summed E-state index contributed by atoms with van der Waals surface area (Å²) in [6, 6.07) is 0. The molecule has 11 heteroatoms. The molecule has 0 aliphatic heterocycles. The van der Waals surface area contributed by atoms with Gasteiger partial charge in [-0.2, -0.15) is 0 Å². The normalized spacial score (nSPS) is 10.4. The summed E-state index contributed by atoms with van der Waals surface area (Å²) in [5, 5.41) is 16.6. The summed E-state index contributed by atoms with van der Waals surface area (Å²) >= 11 is 0. The maximum absolute atomic E-state index is 10.3. The van der Waals surface area contributed by atoms with Crippen LogP contribution in [-0.4, -0.2) is 140 Å². The van der Waals surface area contributed by atoms with Gasteiger partial charge in [0, 0.05) is 88.7 Å². The Hall–Kier alpha value is 2.09. The van der Waals surface area contributed by atoms with Crippen LogP contribution in [0.4, 0.5) is 0 Å². The van der Waals surface area contributed by atoms with E-state index >= 15 is 0 Å². The molecular weight excluding hydrogens is 270 g/mol. The van der Waals surface area contributed by atoms with Crippen molar-refractivity contribution in [2.45, 2.75) is 0 Å². The summed E-state index contributed by atoms with van der Waals surface area (Å²) in [5.41, 5.74) is 0. The van der Waals surface area contributed by atoms with Gasteiger partial charge < -0.3 is 15.1 Å². The maximum Gasteiger partial charge on any atom is 0.317 e. The number of carbonyl (C=O) groups is 2. The zero-order chi connectivity index (χ0) is 10.4. The van der Waals surface area contributed by atoms with Gasteiger partial charge in [-0.1, -0.05) is 0 Å². The van der Waals surface area contributed by atoms with E-state index in [0.717, 1.165) is 4.90 Å². The number of hydrogen-bond donors (Lipinski definition) is 3.